The second kappa shape index (κ2) is 13.6. The number of anilines is 1. The average Bonchev–Trinajstić information content (AvgIpc) is 2.89. The van der Waals surface area contributed by atoms with Gasteiger partial charge in [0.2, 0.25) is 21.8 Å². The maximum absolute atomic E-state index is 14.0. The van der Waals surface area contributed by atoms with Gasteiger partial charge < -0.3 is 10.2 Å². The molecule has 0 saturated carbocycles. The van der Waals surface area contributed by atoms with E-state index in [0.29, 0.717) is 22.8 Å². The van der Waals surface area contributed by atoms with Gasteiger partial charge >= 0.3 is 0 Å². The lowest BCUT2D eigenvalue weighted by Gasteiger charge is -2.34. The van der Waals surface area contributed by atoms with Gasteiger partial charge in [0.05, 0.1) is 11.9 Å². The van der Waals surface area contributed by atoms with Crippen molar-refractivity contribution >= 4 is 39.1 Å². The van der Waals surface area contributed by atoms with E-state index in [0.717, 1.165) is 21.7 Å². The van der Waals surface area contributed by atoms with Crippen LogP contribution in [0.2, 0.25) is 5.02 Å². The minimum Gasteiger partial charge on any atom is -0.354 e. The Kier molecular flexibility index (Phi) is 10.5. The molecule has 208 valence electrons. The average molecular weight is 570 g/mol. The number of nitrogens with zero attached hydrogens (tertiary/aromatic N) is 2. The van der Waals surface area contributed by atoms with E-state index in [1.54, 1.807) is 42.5 Å². The number of sulfonamides is 1. The molecular weight excluding hydrogens is 534 g/mol. The zero-order chi connectivity index (χ0) is 28.6. The normalized spacial score (nSPS) is 12.2. The molecule has 39 heavy (non-hydrogen) atoms. The Bertz CT molecular complexity index is 1360. The van der Waals surface area contributed by atoms with E-state index in [1.807, 2.05) is 57.2 Å². The number of amides is 2. The van der Waals surface area contributed by atoms with E-state index in [1.165, 1.54) is 4.90 Å². The van der Waals surface area contributed by atoms with Crippen LogP contribution in [0.1, 0.15) is 30.5 Å². The van der Waals surface area contributed by atoms with Gasteiger partial charge in [-0.2, -0.15) is 0 Å². The fourth-order valence-electron chi connectivity index (χ4n) is 4.11. The van der Waals surface area contributed by atoms with Gasteiger partial charge in [-0.1, -0.05) is 91.7 Å². The lowest BCUT2D eigenvalue weighted by atomic mass is 10.0. The summed E-state index contributed by atoms with van der Waals surface area (Å²) < 4.78 is 26.7. The molecule has 0 aliphatic carbocycles. The quantitative estimate of drug-likeness (QED) is 0.338. The Morgan fingerprint density at radius 1 is 0.923 bits per heavy atom. The van der Waals surface area contributed by atoms with Gasteiger partial charge in [-0.15, -0.1) is 0 Å². The SMILES string of the molecule is Cc1ccc(N(CC(=O)N(Cc2ccccc2Cl)[C@@H](Cc2ccccc2)C(=O)NCC(C)C)S(C)(=O)=O)cc1. The van der Waals surface area contributed by atoms with Crippen molar-refractivity contribution in [2.45, 2.75) is 39.8 Å². The predicted octanol–water partition coefficient (Wildman–Crippen LogP) is 4.83. The molecular formula is C30H36ClN3O4S. The van der Waals surface area contributed by atoms with Gasteiger partial charge in [0.15, 0.2) is 0 Å². The third kappa shape index (κ3) is 8.83. The summed E-state index contributed by atoms with van der Waals surface area (Å²) in [5.74, 6) is -0.614. The molecule has 0 aromatic heterocycles. The molecule has 1 N–H and O–H groups in total. The summed E-state index contributed by atoms with van der Waals surface area (Å²) in [4.78, 5) is 29.1. The lowest BCUT2D eigenvalue weighted by molar-refractivity contribution is -0.140. The molecule has 3 rings (SSSR count). The number of carbonyl (C=O) groups is 2. The van der Waals surface area contributed by atoms with Gasteiger partial charge in [-0.25, -0.2) is 8.42 Å². The maximum Gasteiger partial charge on any atom is 0.244 e. The highest BCUT2D eigenvalue weighted by atomic mass is 35.5. The summed E-state index contributed by atoms with van der Waals surface area (Å²) >= 11 is 6.46. The molecule has 1 atom stereocenters. The summed E-state index contributed by atoms with van der Waals surface area (Å²) in [6.07, 6.45) is 1.32. The molecule has 7 nitrogen and oxygen atoms in total. The Hall–Kier alpha value is -3.36. The Balaban J connectivity index is 2.05. The fourth-order valence-corrected chi connectivity index (χ4v) is 5.16. The molecule has 2 amide bonds. The van der Waals surface area contributed by atoms with E-state index < -0.39 is 28.5 Å². The first kappa shape index (κ1) is 30.2. The number of halogens is 1. The van der Waals surface area contributed by atoms with Crippen molar-refractivity contribution in [3.8, 4) is 0 Å². The van der Waals surface area contributed by atoms with Gasteiger partial charge in [-0.05, 0) is 42.2 Å². The monoisotopic (exact) mass is 569 g/mol. The van der Waals surface area contributed by atoms with E-state index in [9.17, 15) is 18.0 Å². The Labute approximate surface area is 236 Å². The third-order valence-corrected chi connectivity index (χ3v) is 7.76. The van der Waals surface area contributed by atoms with Crippen molar-refractivity contribution in [1.29, 1.82) is 0 Å². The summed E-state index contributed by atoms with van der Waals surface area (Å²) in [5, 5.41) is 3.42. The fraction of sp³-hybridized carbons (Fsp3) is 0.333. The highest BCUT2D eigenvalue weighted by Gasteiger charge is 2.33. The molecule has 0 aliphatic rings. The van der Waals surface area contributed by atoms with Crippen LogP contribution in [0.5, 0.6) is 0 Å². The molecule has 0 saturated heterocycles. The van der Waals surface area contributed by atoms with Crippen molar-refractivity contribution < 1.29 is 18.0 Å². The first-order chi connectivity index (χ1) is 18.5. The van der Waals surface area contributed by atoms with Crippen molar-refractivity contribution in [2.24, 2.45) is 5.92 Å². The number of hydrogen-bond donors (Lipinski definition) is 1. The van der Waals surface area contributed by atoms with Crippen LogP contribution in [0.3, 0.4) is 0 Å². The summed E-state index contributed by atoms with van der Waals surface area (Å²) in [6, 6.07) is 22.6. The number of benzene rings is 3. The summed E-state index contributed by atoms with van der Waals surface area (Å²) in [5.41, 5.74) is 2.86. The van der Waals surface area contributed by atoms with E-state index >= 15 is 0 Å². The third-order valence-electron chi connectivity index (χ3n) is 6.26. The number of carbonyl (C=O) groups excluding carboxylic acids is 2. The second-order valence-electron chi connectivity index (χ2n) is 10.1. The Morgan fingerprint density at radius 2 is 1.54 bits per heavy atom. The van der Waals surface area contributed by atoms with Gasteiger partial charge in [-0.3, -0.25) is 13.9 Å². The smallest absolute Gasteiger partial charge is 0.244 e. The van der Waals surface area contributed by atoms with Crippen LogP contribution < -0.4 is 9.62 Å². The van der Waals surface area contributed by atoms with Crippen LogP contribution in [-0.2, 0) is 32.6 Å². The van der Waals surface area contributed by atoms with Crippen molar-refractivity contribution in [2.75, 3.05) is 23.7 Å². The van der Waals surface area contributed by atoms with Crippen molar-refractivity contribution in [1.82, 2.24) is 10.2 Å². The second-order valence-corrected chi connectivity index (χ2v) is 12.4. The molecule has 0 unspecified atom stereocenters. The van der Waals surface area contributed by atoms with E-state index in [-0.39, 0.29) is 24.8 Å². The lowest BCUT2D eigenvalue weighted by Crippen LogP contribution is -2.53. The van der Waals surface area contributed by atoms with Crippen LogP contribution in [-0.4, -0.2) is 50.5 Å². The molecule has 0 spiro atoms. The number of hydrogen-bond acceptors (Lipinski definition) is 4. The van der Waals surface area contributed by atoms with Gasteiger partial charge in [0.25, 0.3) is 0 Å². The minimum atomic E-state index is -3.81. The van der Waals surface area contributed by atoms with Crippen molar-refractivity contribution in [3.63, 3.8) is 0 Å². The highest BCUT2D eigenvalue weighted by Crippen LogP contribution is 2.23. The molecule has 0 heterocycles. The summed E-state index contributed by atoms with van der Waals surface area (Å²) in [7, 11) is -3.81. The first-order valence-electron chi connectivity index (χ1n) is 12.8. The van der Waals surface area contributed by atoms with E-state index in [4.69, 9.17) is 11.6 Å². The number of rotatable bonds is 12. The molecule has 0 bridgehead atoms. The molecule has 3 aromatic carbocycles. The zero-order valence-corrected chi connectivity index (χ0v) is 24.4. The molecule has 9 heteroatoms. The van der Waals surface area contributed by atoms with Crippen LogP contribution in [0.15, 0.2) is 78.9 Å². The highest BCUT2D eigenvalue weighted by molar-refractivity contribution is 7.92. The van der Waals surface area contributed by atoms with E-state index in [2.05, 4.69) is 5.32 Å². The van der Waals surface area contributed by atoms with Crippen LogP contribution in [0, 0.1) is 12.8 Å². The number of nitrogens with one attached hydrogen (secondary N) is 1. The van der Waals surface area contributed by atoms with Crippen LogP contribution >= 0.6 is 11.6 Å². The molecule has 3 aromatic rings. The summed E-state index contributed by atoms with van der Waals surface area (Å²) in [6.45, 7) is 5.90. The predicted molar refractivity (Wildman–Crippen MR) is 157 cm³/mol. The van der Waals surface area contributed by atoms with Gasteiger partial charge in [0.1, 0.15) is 12.6 Å². The van der Waals surface area contributed by atoms with Gasteiger partial charge in [0, 0.05) is 24.5 Å². The standard InChI is InChI=1S/C30H36ClN3O4S/c1-22(2)19-32-30(36)28(18-24-10-6-5-7-11-24)33(20-25-12-8-9-13-27(25)31)29(35)21-34(39(4,37)38)26-16-14-23(3)15-17-26/h5-17,22,28H,18-21H2,1-4H3,(H,32,36)/t28-/m0/s1. The molecule has 0 fully saturated rings. The first-order valence-corrected chi connectivity index (χ1v) is 15.1. The zero-order valence-electron chi connectivity index (χ0n) is 22.8. The largest absolute Gasteiger partial charge is 0.354 e. The number of aryl methyl sites for hydroxylation is 1. The van der Waals surface area contributed by atoms with Crippen LogP contribution in [0.25, 0.3) is 0 Å². The minimum absolute atomic E-state index is 0.0383. The molecule has 0 radical (unpaired) electrons. The van der Waals surface area contributed by atoms with Crippen LogP contribution in [0.4, 0.5) is 5.69 Å². The topological polar surface area (TPSA) is 86.8 Å². The Morgan fingerprint density at radius 3 is 2.13 bits per heavy atom. The maximum atomic E-state index is 14.0. The van der Waals surface area contributed by atoms with Crippen molar-refractivity contribution in [3.05, 3.63) is 101 Å². The molecule has 0 aliphatic heterocycles.